The third kappa shape index (κ3) is 4.59. The molecule has 0 saturated carbocycles. The molecule has 3 aromatic rings. The number of phenolic OH excluding ortho intramolecular Hbond substituents is 1. The molecule has 0 bridgehead atoms. The zero-order valence-electron chi connectivity index (χ0n) is 18.3. The molecule has 1 amide bonds. The van der Waals surface area contributed by atoms with Crippen LogP contribution in [0.2, 0.25) is 0 Å². The largest absolute Gasteiger partial charge is 0.507 e. The summed E-state index contributed by atoms with van der Waals surface area (Å²) in [6.07, 6.45) is 1.50. The Balaban J connectivity index is 0.00000204. The highest BCUT2D eigenvalue weighted by molar-refractivity contribution is 5.92. The van der Waals surface area contributed by atoms with Gasteiger partial charge in [-0.1, -0.05) is 12.1 Å². The van der Waals surface area contributed by atoms with E-state index in [2.05, 4.69) is 15.2 Å². The molecule has 32 heavy (non-hydrogen) atoms. The highest BCUT2D eigenvalue weighted by Crippen LogP contribution is 2.34. The maximum absolute atomic E-state index is 14.6. The van der Waals surface area contributed by atoms with Crippen molar-refractivity contribution in [3.63, 3.8) is 0 Å². The molecule has 7 nitrogen and oxygen atoms in total. The summed E-state index contributed by atoms with van der Waals surface area (Å²) in [5.74, 6) is 0.319. The SMILES string of the molecule is CCOC(=O)NC[C@@H]1CCCN(c2nc(-c3c(O)cccc3F)nc3cc(C)ccc23)C1.[HH].[HH]. The fourth-order valence-electron chi connectivity index (χ4n) is 4.14. The van der Waals surface area contributed by atoms with Gasteiger partial charge in [0.1, 0.15) is 17.4 Å². The number of nitrogens with one attached hydrogen (secondary N) is 1. The molecule has 0 unspecified atom stereocenters. The predicted octanol–water partition coefficient (Wildman–Crippen LogP) is 4.90. The molecule has 2 heterocycles. The molecule has 2 aromatic carbocycles. The fourth-order valence-corrected chi connectivity index (χ4v) is 4.14. The second kappa shape index (κ2) is 9.38. The Morgan fingerprint density at radius 1 is 1.34 bits per heavy atom. The molecule has 1 aromatic heterocycles. The second-order valence-electron chi connectivity index (χ2n) is 8.08. The minimum absolute atomic E-state index is 0. The zero-order valence-corrected chi connectivity index (χ0v) is 18.3. The van der Waals surface area contributed by atoms with Crippen molar-refractivity contribution in [1.82, 2.24) is 15.3 Å². The van der Waals surface area contributed by atoms with E-state index in [1.165, 1.54) is 18.2 Å². The maximum Gasteiger partial charge on any atom is 0.407 e. The summed E-state index contributed by atoms with van der Waals surface area (Å²) >= 11 is 0. The van der Waals surface area contributed by atoms with Gasteiger partial charge >= 0.3 is 6.09 Å². The van der Waals surface area contributed by atoms with Gasteiger partial charge in [0, 0.05) is 27.9 Å². The van der Waals surface area contributed by atoms with Crippen molar-refractivity contribution in [3.8, 4) is 17.1 Å². The number of amides is 1. The number of hydrogen-bond donors (Lipinski definition) is 2. The first kappa shape index (κ1) is 21.8. The van der Waals surface area contributed by atoms with Crippen LogP contribution in [0, 0.1) is 18.7 Å². The summed E-state index contributed by atoms with van der Waals surface area (Å²) in [7, 11) is 0. The lowest BCUT2D eigenvalue weighted by atomic mass is 9.97. The van der Waals surface area contributed by atoms with Crippen LogP contribution in [0.3, 0.4) is 0 Å². The topological polar surface area (TPSA) is 87.6 Å². The third-order valence-corrected chi connectivity index (χ3v) is 5.68. The van der Waals surface area contributed by atoms with Crippen LogP contribution in [0.1, 0.15) is 28.2 Å². The van der Waals surface area contributed by atoms with Crippen molar-refractivity contribution < 1.29 is 21.9 Å². The van der Waals surface area contributed by atoms with E-state index in [9.17, 15) is 14.3 Å². The van der Waals surface area contributed by atoms with Crippen LogP contribution >= 0.6 is 0 Å². The number of anilines is 1. The minimum Gasteiger partial charge on any atom is -0.507 e. The smallest absolute Gasteiger partial charge is 0.407 e. The van der Waals surface area contributed by atoms with Crippen LogP contribution in [0.5, 0.6) is 5.75 Å². The highest BCUT2D eigenvalue weighted by Gasteiger charge is 2.25. The standard InChI is InChI=1S/C24H27FN4O3.2H2/c1-3-32-24(31)26-13-16-6-5-11-29(14-16)23-17-10-9-15(2)12-19(17)27-22(28-23)21-18(25)7-4-8-20(21)30;;/h4,7-10,12,16,30H,3,5-6,11,13-14H2,1-2H3,(H,26,31);2*1H/t16-;;/m0../s1. The third-order valence-electron chi connectivity index (χ3n) is 5.68. The Morgan fingerprint density at radius 3 is 2.97 bits per heavy atom. The number of fused-ring (bicyclic) bond motifs is 1. The van der Waals surface area contributed by atoms with Gasteiger partial charge in [-0.3, -0.25) is 0 Å². The van der Waals surface area contributed by atoms with Crippen molar-refractivity contribution in [2.45, 2.75) is 26.7 Å². The Kier molecular flexibility index (Phi) is 6.39. The van der Waals surface area contributed by atoms with Gasteiger partial charge in [-0.2, -0.15) is 0 Å². The van der Waals surface area contributed by atoms with Crippen LogP contribution in [0.4, 0.5) is 15.0 Å². The molecule has 172 valence electrons. The van der Waals surface area contributed by atoms with Crippen LogP contribution in [-0.2, 0) is 4.74 Å². The lowest BCUT2D eigenvalue weighted by Crippen LogP contribution is -2.41. The van der Waals surface area contributed by atoms with Crippen molar-refractivity contribution in [2.24, 2.45) is 5.92 Å². The second-order valence-corrected chi connectivity index (χ2v) is 8.08. The van der Waals surface area contributed by atoms with Gasteiger partial charge in [0.25, 0.3) is 0 Å². The molecule has 2 N–H and O–H groups in total. The lowest BCUT2D eigenvalue weighted by Gasteiger charge is -2.34. The van der Waals surface area contributed by atoms with Crippen LogP contribution in [0.15, 0.2) is 36.4 Å². The molecule has 0 spiro atoms. The number of nitrogens with zero attached hydrogens (tertiary/aromatic N) is 3. The van der Waals surface area contributed by atoms with E-state index < -0.39 is 11.9 Å². The number of aryl methyl sites for hydroxylation is 1. The van der Waals surface area contributed by atoms with E-state index in [1.54, 1.807) is 6.92 Å². The normalized spacial score (nSPS) is 16.2. The van der Waals surface area contributed by atoms with Gasteiger partial charge in [-0.05, 0) is 62.4 Å². The molecule has 1 aliphatic rings. The summed E-state index contributed by atoms with van der Waals surface area (Å²) in [5, 5.41) is 14.0. The molecular formula is C24H31FN4O3. The van der Waals surface area contributed by atoms with Gasteiger partial charge in [0.2, 0.25) is 0 Å². The van der Waals surface area contributed by atoms with Crippen LogP contribution in [0.25, 0.3) is 22.3 Å². The number of hydrogen-bond acceptors (Lipinski definition) is 6. The first-order valence-corrected chi connectivity index (χ1v) is 10.9. The number of carbonyl (C=O) groups excluding carboxylic acids is 1. The minimum atomic E-state index is -0.571. The first-order valence-electron chi connectivity index (χ1n) is 10.9. The van der Waals surface area contributed by atoms with E-state index >= 15 is 0 Å². The van der Waals surface area contributed by atoms with Gasteiger partial charge in [0.15, 0.2) is 5.82 Å². The molecule has 1 saturated heterocycles. The number of aromatic hydroxyl groups is 1. The number of ether oxygens (including phenoxy) is 1. The Bertz CT molecular complexity index is 1130. The summed E-state index contributed by atoms with van der Waals surface area (Å²) in [5.41, 5.74) is 1.72. The van der Waals surface area contributed by atoms with Gasteiger partial charge < -0.3 is 20.1 Å². The molecule has 8 heteroatoms. The average molecular weight is 443 g/mol. The molecule has 4 rings (SSSR count). The molecule has 0 radical (unpaired) electrons. The fraction of sp³-hybridized carbons (Fsp3) is 0.375. The number of rotatable bonds is 5. The summed E-state index contributed by atoms with van der Waals surface area (Å²) in [6, 6.07) is 10.1. The Hall–Kier alpha value is -3.42. The number of phenols is 1. The number of carbonyl (C=O) groups is 1. The first-order chi connectivity index (χ1) is 15.5. The maximum atomic E-state index is 14.6. The van der Waals surface area contributed by atoms with E-state index in [1.807, 2.05) is 25.1 Å². The predicted molar refractivity (Wildman–Crippen MR) is 126 cm³/mol. The molecule has 1 fully saturated rings. The number of benzene rings is 2. The van der Waals surface area contributed by atoms with E-state index in [0.717, 1.165) is 30.3 Å². The van der Waals surface area contributed by atoms with Crippen molar-refractivity contribution in [2.75, 3.05) is 31.1 Å². The summed E-state index contributed by atoms with van der Waals surface area (Å²) in [6.45, 7) is 6.07. The molecule has 1 atom stereocenters. The van der Waals surface area contributed by atoms with Crippen molar-refractivity contribution >= 4 is 22.8 Å². The number of aromatic nitrogens is 2. The lowest BCUT2D eigenvalue weighted by molar-refractivity contribution is 0.150. The molecule has 0 aliphatic carbocycles. The van der Waals surface area contributed by atoms with Crippen LogP contribution in [-0.4, -0.2) is 47.4 Å². The Labute approximate surface area is 189 Å². The van der Waals surface area contributed by atoms with E-state index in [4.69, 9.17) is 9.72 Å². The Morgan fingerprint density at radius 2 is 2.19 bits per heavy atom. The quantitative estimate of drug-likeness (QED) is 0.584. The number of piperidine rings is 1. The summed E-state index contributed by atoms with van der Waals surface area (Å²) in [4.78, 5) is 23.1. The van der Waals surface area contributed by atoms with E-state index in [0.29, 0.717) is 31.0 Å². The monoisotopic (exact) mass is 442 g/mol. The van der Waals surface area contributed by atoms with Gasteiger partial charge in [-0.15, -0.1) is 0 Å². The van der Waals surface area contributed by atoms with E-state index in [-0.39, 0.29) is 25.9 Å². The van der Waals surface area contributed by atoms with Gasteiger partial charge in [0.05, 0.1) is 17.7 Å². The van der Waals surface area contributed by atoms with Crippen molar-refractivity contribution in [3.05, 3.63) is 47.8 Å². The van der Waals surface area contributed by atoms with Crippen LogP contribution < -0.4 is 10.2 Å². The number of halogens is 1. The van der Waals surface area contributed by atoms with Gasteiger partial charge in [-0.25, -0.2) is 19.2 Å². The molecule has 1 aliphatic heterocycles. The number of alkyl carbamates (subject to hydrolysis) is 1. The molecular weight excluding hydrogens is 411 g/mol. The summed E-state index contributed by atoms with van der Waals surface area (Å²) < 4.78 is 19.5. The van der Waals surface area contributed by atoms with Crippen molar-refractivity contribution in [1.29, 1.82) is 0 Å². The zero-order chi connectivity index (χ0) is 22.7. The highest BCUT2D eigenvalue weighted by atomic mass is 19.1. The average Bonchev–Trinajstić information content (AvgIpc) is 2.77.